The van der Waals surface area contributed by atoms with Gasteiger partial charge in [-0.1, -0.05) is 6.92 Å². The van der Waals surface area contributed by atoms with E-state index in [0.717, 1.165) is 43.9 Å². The average molecular weight is 288 g/mol. The Morgan fingerprint density at radius 3 is 2.86 bits per heavy atom. The number of hydrogen-bond acceptors (Lipinski definition) is 5. The minimum atomic E-state index is 0.0265. The zero-order chi connectivity index (χ0) is 14.9. The molecule has 0 saturated carbocycles. The lowest BCUT2D eigenvalue weighted by Crippen LogP contribution is -2.62. The van der Waals surface area contributed by atoms with Crippen molar-refractivity contribution in [1.29, 1.82) is 0 Å². The lowest BCUT2D eigenvalue weighted by Gasteiger charge is -2.47. The van der Waals surface area contributed by atoms with Crippen molar-refractivity contribution in [3.63, 3.8) is 0 Å². The molecule has 2 aliphatic heterocycles. The van der Waals surface area contributed by atoms with E-state index in [4.69, 9.17) is 10.5 Å². The van der Waals surface area contributed by atoms with Crippen LogP contribution < -0.4 is 20.7 Å². The van der Waals surface area contributed by atoms with Crippen molar-refractivity contribution in [2.24, 2.45) is 16.6 Å². The highest BCUT2D eigenvalue weighted by Gasteiger charge is 2.49. The van der Waals surface area contributed by atoms with Gasteiger partial charge in [-0.3, -0.25) is 4.99 Å². The molecule has 1 saturated heterocycles. The van der Waals surface area contributed by atoms with Crippen LogP contribution in [0.5, 0.6) is 5.75 Å². The van der Waals surface area contributed by atoms with E-state index >= 15 is 0 Å². The van der Waals surface area contributed by atoms with Crippen LogP contribution in [-0.4, -0.2) is 38.2 Å². The van der Waals surface area contributed by atoms with Gasteiger partial charge in [0.25, 0.3) is 0 Å². The molecular weight excluding hydrogens is 264 g/mol. The molecule has 1 fully saturated rings. The van der Waals surface area contributed by atoms with E-state index in [2.05, 4.69) is 34.3 Å². The smallest absolute Gasteiger partial charge is 0.196 e. The molecule has 1 aromatic carbocycles. The van der Waals surface area contributed by atoms with Crippen molar-refractivity contribution < 1.29 is 4.74 Å². The molecule has 2 aliphatic rings. The molecule has 3 N–H and O–H groups in total. The Morgan fingerprint density at radius 2 is 2.19 bits per heavy atom. The quantitative estimate of drug-likeness (QED) is 0.886. The molecule has 0 aliphatic carbocycles. The third kappa shape index (κ3) is 2.25. The van der Waals surface area contributed by atoms with Crippen LogP contribution in [0.2, 0.25) is 0 Å². The van der Waals surface area contributed by atoms with Crippen molar-refractivity contribution >= 4 is 11.6 Å². The number of ether oxygens (including phenoxy) is 1. The number of nitrogens with two attached hydrogens (primary N) is 1. The summed E-state index contributed by atoms with van der Waals surface area (Å²) < 4.78 is 5.25. The molecule has 1 aromatic rings. The van der Waals surface area contributed by atoms with Gasteiger partial charge in [0.05, 0.1) is 19.2 Å². The van der Waals surface area contributed by atoms with Gasteiger partial charge in [-0.25, -0.2) is 0 Å². The molecule has 0 bridgehead atoms. The summed E-state index contributed by atoms with van der Waals surface area (Å²) >= 11 is 0. The number of guanidine groups is 1. The fourth-order valence-corrected chi connectivity index (χ4v) is 3.71. The number of aliphatic imine (C=N–C) groups is 1. The Labute approximate surface area is 126 Å². The van der Waals surface area contributed by atoms with Gasteiger partial charge in [-0.2, -0.15) is 0 Å². The lowest BCUT2D eigenvalue weighted by molar-refractivity contribution is 0.217. The van der Waals surface area contributed by atoms with Crippen molar-refractivity contribution in [1.82, 2.24) is 5.32 Å². The highest BCUT2D eigenvalue weighted by molar-refractivity contribution is 5.98. The molecule has 1 spiro atoms. The Bertz CT molecular complexity index is 528. The van der Waals surface area contributed by atoms with E-state index in [-0.39, 0.29) is 5.54 Å². The van der Waals surface area contributed by atoms with E-state index in [1.54, 1.807) is 7.11 Å². The predicted octanol–water partition coefficient (Wildman–Crippen LogP) is 1.59. The second-order valence-electron chi connectivity index (χ2n) is 5.87. The van der Waals surface area contributed by atoms with Gasteiger partial charge in [-0.15, -0.1) is 0 Å². The third-order valence-electron chi connectivity index (χ3n) is 4.90. The Balaban J connectivity index is 1.97. The monoisotopic (exact) mass is 288 g/mol. The summed E-state index contributed by atoms with van der Waals surface area (Å²) in [6.07, 6.45) is 2.20. The van der Waals surface area contributed by atoms with Crippen molar-refractivity contribution in [3.8, 4) is 5.75 Å². The average Bonchev–Trinajstić information content (AvgIpc) is 2.85. The van der Waals surface area contributed by atoms with Crippen LogP contribution >= 0.6 is 0 Å². The SMILES string of the molecule is CCC1CNCCC12CN=C(N)N2c1ccc(OC)cc1. The van der Waals surface area contributed by atoms with Crippen LogP contribution in [0.4, 0.5) is 5.69 Å². The fourth-order valence-electron chi connectivity index (χ4n) is 3.71. The maximum atomic E-state index is 6.23. The molecule has 0 radical (unpaired) electrons. The highest BCUT2D eigenvalue weighted by Crippen LogP contribution is 2.40. The van der Waals surface area contributed by atoms with Crippen molar-refractivity contribution in [3.05, 3.63) is 24.3 Å². The van der Waals surface area contributed by atoms with Crippen LogP contribution in [0.25, 0.3) is 0 Å². The standard InChI is InChI=1S/C16H24N4O/c1-3-12-10-18-9-8-16(12)11-19-15(17)20(16)13-4-6-14(21-2)7-5-13/h4-7,12,18H,3,8-11H2,1-2H3,(H2,17,19). The number of nitrogens with zero attached hydrogens (tertiary/aromatic N) is 2. The van der Waals surface area contributed by atoms with E-state index < -0.39 is 0 Å². The molecule has 114 valence electrons. The van der Waals surface area contributed by atoms with Crippen LogP contribution in [0.3, 0.4) is 0 Å². The number of hydrogen-bond donors (Lipinski definition) is 2. The fraction of sp³-hybridized carbons (Fsp3) is 0.562. The summed E-state index contributed by atoms with van der Waals surface area (Å²) in [6.45, 7) is 5.10. The lowest BCUT2D eigenvalue weighted by atomic mass is 9.76. The molecule has 0 aromatic heterocycles. The Kier molecular flexibility index (Phi) is 3.76. The van der Waals surface area contributed by atoms with Gasteiger partial charge < -0.3 is 20.7 Å². The maximum absolute atomic E-state index is 6.23. The third-order valence-corrected chi connectivity index (χ3v) is 4.90. The first-order valence-electron chi connectivity index (χ1n) is 7.66. The summed E-state index contributed by atoms with van der Waals surface area (Å²) in [5, 5.41) is 3.50. The first-order chi connectivity index (χ1) is 10.2. The number of benzene rings is 1. The van der Waals surface area contributed by atoms with E-state index in [9.17, 15) is 0 Å². The number of rotatable bonds is 3. The van der Waals surface area contributed by atoms with Gasteiger partial charge in [-0.05, 0) is 49.6 Å². The van der Waals surface area contributed by atoms with Crippen LogP contribution in [0, 0.1) is 5.92 Å². The second kappa shape index (κ2) is 5.56. The van der Waals surface area contributed by atoms with Gasteiger partial charge in [0.2, 0.25) is 0 Å². The second-order valence-corrected chi connectivity index (χ2v) is 5.87. The minimum absolute atomic E-state index is 0.0265. The van der Waals surface area contributed by atoms with Crippen molar-refractivity contribution in [2.75, 3.05) is 31.6 Å². The molecular formula is C16H24N4O. The molecule has 2 unspecified atom stereocenters. The Morgan fingerprint density at radius 1 is 1.43 bits per heavy atom. The maximum Gasteiger partial charge on any atom is 0.196 e. The minimum Gasteiger partial charge on any atom is -0.497 e. The normalized spacial score (nSPS) is 28.8. The van der Waals surface area contributed by atoms with Crippen molar-refractivity contribution in [2.45, 2.75) is 25.3 Å². The summed E-state index contributed by atoms with van der Waals surface area (Å²) in [5.41, 5.74) is 7.36. The van der Waals surface area contributed by atoms with E-state index in [1.807, 2.05) is 12.1 Å². The molecule has 2 heterocycles. The summed E-state index contributed by atoms with van der Waals surface area (Å²) in [7, 11) is 1.68. The molecule has 3 rings (SSSR count). The number of nitrogens with one attached hydrogen (secondary N) is 1. The molecule has 5 heteroatoms. The van der Waals surface area contributed by atoms with Gasteiger partial charge in [0.1, 0.15) is 5.75 Å². The van der Waals surface area contributed by atoms with Crippen LogP contribution in [0.15, 0.2) is 29.3 Å². The topological polar surface area (TPSA) is 62.9 Å². The predicted molar refractivity (Wildman–Crippen MR) is 86.0 cm³/mol. The first-order valence-corrected chi connectivity index (χ1v) is 7.66. The summed E-state index contributed by atoms with van der Waals surface area (Å²) in [4.78, 5) is 6.82. The largest absolute Gasteiger partial charge is 0.497 e. The zero-order valence-electron chi connectivity index (χ0n) is 12.8. The van der Waals surface area contributed by atoms with E-state index in [0.29, 0.717) is 11.9 Å². The number of methoxy groups -OCH3 is 1. The van der Waals surface area contributed by atoms with Crippen LogP contribution in [0.1, 0.15) is 19.8 Å². The molecule has 5 nitrogen and oxygen atoms in total. The first kappa shape index (κ1) is 14.2. The van der Waals surface area contributed by atoms with E-state index in [1.165, 1.54) is 0 Å². The summed E-state index contributed by atoms with van der Waals surface area (Å²) in [5.74, 6) is 2.05. The van der Waals surface area contributed by atoms with Gasteiger partial charge >= 0.3 is 0 Å². The zero-order valence-corrected chi connectivity index (χ0v) is 12.8. The highest BCUT2D eigenvalue weighted by atomic mass is 16.5. The number of piperidine rings is 1. The molecule has 0 amide bonds. The summed E-state index contributed by atoms with van der Waals surface area (Å²) in [6, 6.07) is 8.11. The Hall–Kier alpha value is -1.75. The van der Waals surface area contributed by atoms with Gasteiger partial charge in [0.15, 0.2) is 5.96 Å². The molecule has 21 heavy (non-hydrogen) atoms. The van der Waals surface area contributed by atoms with Crippen LogP contribution in [-0.2, 0) is 0 Å². The molecule has 2 atom stereocenters. The van der Waals surface area contributed by atoms with Gasteiger partial charge in [0, 0.05) is 12.2 Å². The number of anilines is 1.